The van der Waals surface area contributed by atoms with E-state index in [4.69, 9.17) is 0 Å². The molecule has 0 aliphatic rings. The molecule has 1 N–H and O–H groups in total. The Bertz CT molecular complexity index is 734. The second-order valence-corrected chi connectivity index (χ2v) is 6.16. The Balaban J connectivity index is 2.02. The van der Waals surface area contributed by atoms with Gasteiger partial charge in [-0.3, -0.25) is 0 Å². The highest BCUT2D eigenvalue weighted by Gasteiger charge is 2.17. The highest BCUT2D eigenvalue weighted by molar-refractivity contribution is 5.68. The molecule has 0 spiro atoms. The van der Waals surface area contributed by atoms with Crippen LogP contribution in [0.3, 0.4) is 0 Å². The van der Waals surface area contributed by atoms with Crippen molar-refractivity contribution >= 4 is 0 Å². The molecular formula is C23H25N. The van der Waals surface area contributed by atoms with E-state index < -0.39 is 0 Å². The number of hydrogen-bond acceptors (Lipinski definition) is 1. The van der Waals surface area contributed by atoms with Crippen molar-refractivity contribution in [3.8, 4) is 11.1 Å². The van der Waals surface area contributed by atoms with Gasteiger partial charge in [0.1, 0.15) is 0 Å². The lowest BCUT2D eigenvalue weighted by molar-refractivity contribution is 0.629. The Morgan fingerprint density at radius 1 is 0.750 bits per heavy atom. The van der Waals surface area contributed by atoms with Crippen LogP contribution in [0.25, 0.3) is 11.1 Å². The van der Waals surface area contributed by atoms with Crippen LogP contribution < -0.4 is 5.32 Å². The molecule has 3 rings (SSSR count). The lowest BCUT2D eigenvalue weighted by Crippen LogP contribution is -2.10. The largest absolute Gasteiger partial charge is 0.320 e. The summed E-state index contributed by atoms with van der Waals surface area (Å²) in [6, 6.07) is 30.5. The van der Waals surface area contributed by atoms with Gasteiger partial charge in [-0.25, -0.2) is 0 Å². The van der Waals surface area contributed by atoms with Gasteiger partial charge in [0.2, 0.25) is 0 Å². The smallest absolute Gasteiger partial charge is 0.00959 e. The van der Waals surface area contributed by atoms with E-state index in [2.05, 4.69) is 90.2 Å². The van der Waals surface area contributed by atoms with Crippen molar-refractivity contribution in [2.75, 3.05) is 13.6 Å². The van der Waals surface area contributed by atoms with Gasteiger partial charge < -0.3 is 5.32 Å². The normalized spacial score (nSPS) is 12.0. The summed E-state index contributed by atoms with van der Waals surface area (Å²) < 4.78 is 0. The first-order valence-corrected chi connectivity index (χ1v) is 8.74. The zero-order valence-electron chi connectivity index (χ0n) is 14.3. The molecule has 3 aromatic carbocycles. The molecule has 0 aliphatic carbocycles. The fraction of sp³-hybridized carbons (Fsp3) is 0.217. The molecule has 122 valence electrons. The molecule has 1 nitrogen and oxygen atoms in total. The van der Waals surface area contributed by atoms with Crippen molar-refractivity contribution in [2.45, 2.75) is 18.8 Å². The number of nitrogens with one attached hydrogen (secondary N) is 1. The van der Waals surface area contributed by atoms with Crippen molar-refractivity contribution in [2.24, 2.45) is 0 Å². The van der Waals surface area contributed by atoms with Crippen LogP contribution in [0.2, 0.25) is 0 Å². The minimum absolute atomic E-state index is 0.427. The molecular weight excluding hydrogens is 290 g/mol. The fourth-order valence-corrected chi connectivity index (χ4v) is 3.35. The summed E-state index contributed by atoms with van der Waals surface area (Å²) in [6.45, 7) is 1.05. The van der Waals surface area contributed by atoms with Gasteiger partial charge in [0.05, 0.1) is 0 Å². The lowest BCUT2D eigenvalue weighted by atomic mass is 9.83. The Labute approximate surface area is 145 Å². The summed E-state index contributed by atoms with van der Waals surface area (Å²) >= 11 is 0. The summed E-state index contributed by atoms with van der Waals surface area (Å²) in [7, 11) is 2.02. The van der Waals surface area contributed by atoms with Crippen LogP contribution in [0.5, 0.6) is 0 Å². The van der Waals surface area contributed by atoms with Crippen molar-refractivity contribution in [3.63, 3.8) is 0 Å². The van der Waals surface area contributed by atoms with E-state index in [1.165, 1.54) is 28.7 Å². The third-order valence-electron chi connectivity index (χ3n) is 4.54. The van der Waals surface area contributed by atoms with Gasteiger partial charge in [-0.1, -0.05) is 84.9 Å². The summed E-state index contributed by atoms with van der Waals surface area (Å²) in [4.78, 5) is 0. The Kier molecular flexibility index (Phi) is 5.81. The topological polar surface area (TPSA) is 12.0 Å². The van der Waals surface area contributed by atoms with Gasteiger partial charge in [0.15, 0.2) is 0 Å². The van der Waals surface area contributed by atoms with Crippen LogP contribution in [0, 0.1) is 0 Å². The summed E-state index contributed by atoms with van der Waals surface area (Å²) in [6.07, 6.45) is 2.31. The predicted molar refractivity (Wildman–Crippen MR) is 103 cm³/mol. The van der Waals surface area contributed by atoms with Gasteiger partial charge in [0, 0.05) is 5.92 Å². The Morgan fingerprint density at radius 2 is 1.38 bits per heavy atom. The molecule has 1 atom stereocenters. The maximum atomic E-state index is 3.27. The molecule has 1 unspecified atom stereocenters. The zero-order valence-corrected chi connectivity index (χ0v) is 14.3. The van der Waals surface area contributed by atoms with Gasteiger partial charge in [-0.15, -0.1) is 0 Å². The maximum absolute atomic E-state index is 3.27. The van der Waals surface area contributed by atoms with E-state index in [0.717, 1.165) is 13.0 Å². The van der Waals surface area contributed by atoms with Gasteiger partial charge in [0.25, 0.3) is 0 Å². The monoisotopic (exact) mass is 315 g/mol. The van der Waals surface area contributed by atoms with E-state index in [9.17, 15) is 0 Å². The number of hydrogen-bond donors (Lipinski definition) is 1. The summed E-state index contributed by atoms with van der Waals surface area (Å²) in [5.41, 5.74) is 5.46. The molecule has 1 heteroatoms. The maximum Gasteiger partial charge on any atom is 0.00959 e. The Hall–Kier alpha value is -2.38. The molecule has 0 radical (unpaired) electrons. The van der Waals surface area contributed by atoms with E-state index in [-0.39, 0.29) is 0 Å². The molecule has 24 heavy (non-hydrogen) atoms. The van der Waals surface area contributed by atoms with Crippen molar-refractivity contribution < 1.29 is 0 Å². The van der Waals surface area contributed by atoms with Crippen LogP contribution in [-0.2, 0) is 0 Å². The second kappa shape index (κ2) is 8.47. The molecule has 0 bridgehead atoms. The van der Waals surface area contributed by atoms with E-state index >= 15 is 0 Å². The van der Waals surface area contributed by atoms with Crippen LogP contribution in [-0.4, -0.2) is 13.6 Å². The second-order valence-electron chi connectivity index (χ2n) is 6.16. The lowest BCUT2D eigenvalue weighted by Gasteiger charge is -2.21. The van der Waals surface area contributed by atoms with Crippen LogP contribution in [0.1, 0.15) is 29.9 Å². The highest BCUT2D eigenvalue weighted by atomic mass is 14.8. The van der Waals surface area contributed by atoms with E-state index in [0.29, 0.717) is 5.92 Å². The average molecular weight is 315 g/mol. The van der Waals surface area contributed by atoms with Gasteiger partial charge >= 0.3 is 0 Å². The SMILES string of the molecule is CNCCCC(c1ccccc1)c1ccccc1-c1ccccc1. The van der Waals surface area contributed by atoms with Gasteiger partial charge in [-0.2, -0.15) is 0 Å². The minimum atomic E-state index is 0.427. The molecule has 0 saturated carbocycles. The zero-order chi connectivity index (χ0) is 16.6. The first-order chi connectivity index (χ1) is 11.9. The first-order valence-electron chi connectivity index (χ1n) is 8.74. The van der Waals surface area contributed by atoms with Crippen molar-refractivity contribution in [1.82, 2.24) is 5.32 Å². The third-order valence-corrected chi connectivity index (χ3v) is 4.54. The molecule has 0 saturated heterocycles. The fourth-order valence-electron chi connectivity index (χ4n) is 3.35. The molecule has 0 amide bonds. The van der Waals surface area contributed by atoms with E-state index in [1.54, 1.807) is 0 Å². The predicted octanol–water partition coefficient (Wildman–Crippen LogP) is 5.49. The molecule has 0 heterocycles. The van der Waals surface area contributed by atoms with E-state index in [1.807, 2.05) is 7.05 Å². The minimum Gasteiger partial charge on any atom is -0.320 e. The summed E-state index contributed by atoms with van der Waals surface area (Å²) in [5.74, 6) is 0.427. The van der Waals surface area contributed by atoms with Gasteiger partial charge in [-0.05, 0) is 48.7 Å². The highest BCUT2D eigenvalue weighted by Crippen LogP contribution is 2.36. The molecule has 0 fully saturated rings. The standard InChI is InChI=1S/C23H25N/c1-24-18-10-17-22(20-13-6-3-7-14-20)23-16-9-8-15-21(23)19-11-4-2-5-12-19/h2-9,11-16,22,24H,10,17-18H2,1H3. The van der Waals surface area contributed by atoms with Crippen LogP contribution >= 0.6 is 0 Å². The molecule has 0 aliphatic heterocycles. The molecule has 3 aromatic rings. The Morgan fingerprint density at radius 3 is 2.08 bits per heavy atom. The third kappa shape index (κ3) is 3.93. The first kappa shape index (κ1) is 16.5. The average Bonchev–Trinajstić information content (AvgIpc) is 2.67. The van der Waals surface area contributed by atoms with Crippen LogP contribution in [0.4, 0.5) is 0 Å². The number of benzene rings is 3. The van der Waals surface area contributed by atoms with Crippen LogP contribution in [0.15, 0.2) is 84.9 Å². The molecule has 0 aromatic heterocycles. The summed E-state index contributed by atoms with van der Waals surface area (Å²) in [5, 5.41) is 3.27. The van der Waals surface area contributed by atoms with Crippen molar-refractivity contribution in [1.29, 1.82) is 0 Å². The quantitative estimate of drug-likeness (QED) is 0.569. The number of rotatable bonds is 7. The van der Waals surface area contributed by atoms with Crippen molar-refractivity contribution in [3.05, 3.63) is 96.1 Å².